The van der Waals surface area contributed by atoms with Gasteiger partial charge in [0, 0.05) is 12.2 Å². The van der Waals surface area contributed by atoms with E-state index in [4.69, 9.17) is 4.74 Å². The highest BCUT2D eigenvalue weighted by Gasteiger charge is 2.37. The van der Waals surface area contributed by atoms with Crippen molar-refractivity contribution in [2.24, 2.45) is 5.41 Å². The number of hydrogen-bond donors (Lipinski definition) is 1. The van der Waals surface area contributed by atoms with E-state index >= 15 is 0 Å². The number of rotatable bonds is 5. The molecule has 1 aliphatic carbocycles. The lowest BCUT2D eigenvalue weighted by molar-refractivity contribution is 0.227. The summed E-state index contributed by atoms with van der Waals surface area (Å²) >= 11 is 0. The van der Waals surface area contributed by atoms with Gasteiger partial charge >= 0.3 is 0 Å². The summed E-state index contributed by atoms with van der Waals surface area (Å²) in [5, 5.41) is 3.49. The van der Waals surface area contributed by atoms with Crippen molar-refractivity contribution in [1.82, 2.24) is 10.3 Å². The first-order valence-corrected chi connectivity index (χ1v) is 7.34. The highest BCUT2D eigenvalue weighted by Crippen LogP contribution is 2.47. The van der Waals surface area contributed by atoms with Gasteiger partial charge in [0.15, 0.2) is 0 Å². The fraction of sp³-hybridized carbons (Fsp3) is 0.688. The third-order valence-electron chi connectivity index (χ3n) is 4.17. The van der Waals surface area contributed by atoms with Crippen LogP contribution in [0.3, 0.4) is 0 Å². The molecule has 0 saturated heterocycles. The second kappa shape index (κ2) is 5.91. The molecule has 0 radical (unpaired) electrons. The van der Waals surface area contributed by atoms with E-state index in [1.54, 1.807) is 6.20 Å². The first-order valence-electron chi connectivity index (χ1n) is 7.34. The molecule has 0 spiro atoms. The quantitative estimate of drug-likeness (QED) is 0.878. The summed E-state index contributed by atoms with van der Waals surface area (Å²) in [6.45, 7) is 6.47. The fourth-order valence-electron chi connectivity index (χ4n) is 3.32. The smallest absolute Gasteiger partial charge is 0.138 e. The van der Waals surface area contributed by atoms with E-state index in [2.05, 4.69) is 23.3 Å². The Kier molecular flexibility index (Phi) is 4.46. The van der Waals surface area contributed by atoms with Crippen molar-refractivity contribution in [2.45, 2.75) is 58.6 Å². The molecule has 1 unspecified atom stereocenters. The lowest BCUT2D eigenvalue weighted by Gasteiger charge is -2.34. The molecule has 0 amide bonds. The Morgan fingerprint density at radius 2 is 1.95 bits per heavy atom. The molecule has 3 heteroatoms. The molecule has 2 rings (SSSR count). The topological polar surface area (TPSA) is 34.2 Å². The Labute approximate surface area is 116 Å². The van der Waals surface area contributed by atoms with Crippen molar-refractivity contribution in [3.8, 4) is 5.75 Å². The summed E-state index contributed by atoms with van der Waals surface area (Å²) < 4.78 is 5.75. The Morgan fingerprint density at radius 1 is 1.26 bits per heavy atom. The summed E-state index contributed by atoms with van der Waals surface area (Å²) in [5.41, 5.74) is 1.58. The standard InChI is InChI=1S/C16H26N2O/c1-12(2)19-14-9-13(10-18-11-14)15(17-4)16(3)7-5-6-8-16/h9-12,15,17H,5-8H2,1-4H3. The maximum Gasteiger partial charge on any atom is 0.138 e. The van der Waals surface area contributed by atoms with E-state index in [-0.39, 0.29) is 6.10 Å². The summed E-state index contributed by atoms with van der Waals surface area (Å²) in [4.78, 5) is 4.34. The van der Waals surface area contributed by atoms with Gasteiger partial charge in [-0.3, -0.25) is 4.98 Å². The number of aromatic nitrogens is 1. The van der Waals surface area contributed by atoms with Crippen LogP contribution in [0.2, 0.25) is 0 Å². The lowest BCUT2D eigenvalue weighted by atomic mass is 9.77. The molecule has 3 nitrogen and oxygen atoms in total. The SMILES string of the molecule is CNC(c1cncc(OC(C)C)c1)C1(C)CCCC1. The van der Waals surface area contributed by atoms with E-state index in [9.17, 15) is 0 Å². The van der Waals surface area contributed by atoms with E-state index < -0.39 is 0 Å². The highest BCUT2D eigenvalue weighted by molar-refractivity contribution is 5.27. The lowest BCUT2D eigenvalue weighted by Crippen LogP contribution is -2.32. The van der Waals surface area contributed by atoms with E-state index in [1.807, 2.05) is 27.1 Å². The van der Waals surface area contributed by atoms with Crippen LogP contribution < -0.4 is 10.1 Å². The predicted octanol–water partition coefficient (Wildman–Crippen LogP) is 3.71. The van der Waals surface area contributed by atoms with Gasteiger partial charge in [0.25, 0.3) is 0 Å². The van der Waals surface area contributed by atoms with Crippen molar-refractivity contribution in [1.29, 1.82) is 0 Å². The minimum atomic E-state index is 0.187. The van der Waals surface area contributed by atoms with E-state index in [1.165, 1.54) is 31.2 Å². The Bertz CT molecular complexity index is 411. The van der Waals surface area contributed by atoms with E-state index in [0.717, 1.165) is 5.75 Å². The van der Waals surface area contributed by atoms with Crippen LogP contribution in [-0.2, 0) is 0 Å². The molecule has 1 aromatic rings. The molecule has 19 heavy (non-hydrogen) atoms. The zero-order valence-corrected chi connectivity index (χ0v) is 12.6. The highest BCUT2D eigenvalue weighted by atomic mass is 16.5. The Morgan fingerprint density at radius 3 is 2.53 bits per heavy atom. The monoisotopic (exact) mass is 262 g/mol. The first-order chi connectivity index (χ1) is 9.05. The molecule has 1 atom stereocenters. The molecule has 106 valence electrons. The van der Waals surface area contributed by atoms with Crippen molar-refractivity contribution < 1.29 is 4.74 Å². The summed E-state index contributed by atoms with van der Waals surface area (Å²) in [7, 11) is 2.05. The average Bonchev–Trinajstić information content (AvgIpc) is 2.77. The number of hydrogen-bond acceptors (Lipinski definition) is 3. The van der Waals surface area contributed by atoms with Gasteiger partial charge in [0.05, 0.1) is 12.3 Å². The molecule has 1 N–H and O–H groups in total. The minimum absolute atomic E-state index is 0.187. The molecule has 1 saturated carbocycles. The molecular formula is C16H26N2O. The van der Waals surface area contributed by atoms with Crippen LogP contribution in [0, 0.1) is 5.41 Å². The van der Waals surface area contributed by atoms with Crippen LogP contribution in [0.5, 0.6) is 5.75 Å². The van der Waals surface area contributed by atoms with Crippen LogP contribution in [0.25, 0.3) is 0 Å². The average molecular weight is 262 g/mol. The molecule has 0 aromatic carbocycles. The third kappa shape index (κ3) is 3.27. The summed E-state index contributed by atoms with van der Waals surface area (Å²) in [5.74, 6) is 0.870. The van der Waals surface area contributed by atoms with Gasteiger partial charge in [0.2, 0.25) is 0 Å². The predicted molar refractivity (Wildman–Crippen MR) is 78.4 cm³/mol. The molecule has 0 bridgehead atoms. The molecule has 1 aliphatic rings. The van der Waals surface area contributed by atoms with Crippen molar-refractivity contribution >= 4 is 0 Å². The molecular weight excluding hydrogens is 236 g/mol. The minimum Gasteiger partial charge on any atom is -0.489 e. The van der Waals surface area contributed by atoms with Gasteiger partial charge in [-0.05, 0) is 50.8 Å². The largest absolute Gasteiger partial charge is 0.489 e. The third-order valence-corrected chi connectivity index (χ3v) is 4.17. The molecule has 1 fully saturated rings. The van der Waals surface area contributed by atoms with Crippen LogP contribution in [0.1, 0.15) is 58.1 Å². The second-order valence-corrected chi connectivity index (χ2v) is 6.20. The van der Waals surface area contributed by atoms with Crippen molar-refractivity contribution in [2.75, 3.05) is 7.05 Å². The maximum atomic E-state index is 5.75. The van der Waals surface area contributed by atoms with Crippen LogP contribution in [0.15, 0.2) is 18.5 Å². The van der Waals surface area contributed by atoms with Crippen molar-refractivity contribution in [3.63, 3.8) is 0 Å². The van der Waals surface area contributed by atoms with E-state index in [0.29, 0.717) is 11.5 Å². The van der Waals surface area contributed by atoms with Crippen molar-refractivity contribution in [3.05, 3.63) is 24.0 Å². The van der Waals surface area contributed by atoms with Crippen LogP contribution in [-0.4, -0.2) is 18.1 Å². The Balaban J connectivity index is 2.23. The number of ether oxygens (including phenoxy) is 1. The molecule has 1 heterocycles. The van der Waals surface area contributed by atoms with Crippen LogP contribution >= 0.6 is 0 Å². The maximum absolute atomic E-state index is 5.75. The van der Waals surface area contributed by atoms with Gasteiger partial charge in [-0.2, -0.15) is 0 Å². The van der Waals surface area contributed by atoms with Gasteiger partial charge in [-0.1, -0.05) is 19.8 Å². The van der Waals surface area contributed by atoms with Gasteiger partial charge in [-0.15, -0.1) is 0 Å². The first kappa shape index (κ1) is 14.3. The number of pyridine rings is 1. The zero-order chi connectivity index (χ0) is 13.9. The van der Waals surface area contributed by atoms with Gasteiger partial charge in [-0.25, -0.2) is 0 Å². The normalized spacial score (nSPS) is 19.6. The summed E-state index contributed by atoms with van der Waals surface area (Å²) in [6, 6.07) is 2.50. The fourth-order valence-corrected chi connectivity index (χ4v) is 3.32. The second-order valence-electron chi connectivity index (χ2n) is 6.20. The summed E-state index contributed by atoms with van der Waals surface area (Å²) in [6.07, 6.45) is 9.20. The number of nitrogens with one attached hydrogen (secondary N) is 1. The van der Waals surface area contributed by atoms with Crippen LogP contribution in [0.4, 0.5) is 0 Å². The van der Waals surface area contributed by atoms with Gasteiger partial charge < -0.3 is 10.1 Å². The Hall–Kier alpha value is -1.09. The number of nitrogens with zero attached hydrogens (tertiary/aromatic N) is 1. The molecule has 1 aromatic heterocycles. The zero-order valence-electron chi connectivity index (χ0n) is 12.6. The molecule has 0 aliphatic heterocycles. The van der Waals surface area contributed by atoms with Gasteiger partial charge in [0.1, 0.15) is 5.75 Å².